The molecule has 130 valence electrons. The number of carboxylic acid groups (broad SMARTS) is 1. The van der Waals surface area contributed by atoms with Gasteiger partial charge in [-0.3, -0.25) is 19.2 Å². The molecule has 0 fully saturated rings. The first-order valence-electron chi connectivity index (χ1n) is 6.42. The van der Waals surface area contributed by atoms with Crippen molar-refractivity contribution >= 4 is 29.8 Å². The summed E-state index contributed by atoms with van der Waals surface area (Å²) in [6.45, 7) is 3.45. The molecule has 0 aliphatic carbocycles. The van der Waals surface area contributed by atoms with E-state index in [-0.39, 0.29) is 0 Å². The van der Waals surface area contributed by atoms with Gasteiger partial charge in [-0.15, -0.1) is 0 Å². The zero-order chi connectivity index (χ0) is 18.2. The molecule has 0 bridgehead atoms. The van der Waals surface area contributed by atoms with Crippen molar-refractivity contribution in [3.8, 4) is 0 Å². The maximum Gasteiger partial charge on any atom is 0.349 e. The van der Waals surface area contributed by atoms with Crippen molar-refractivity contribution in [1.82, 2.24) is 0 Å². The number of carbonyl (C=O) groups excluding carboxylic acids is 4. The first kappa shape index (κ1) is 20.3. The van der Waals surface area contributed by atoms with Gasteiger partial charge < -0.3 is 24.1 Å². The van der Waals surface area contributed by atoms with Crippen molar-refractivity contribution in [3.05, 3.63) is 0 Å². The minimum atomic E-state index is -1.95. The minimum absolute atomic E-state index is 0.585. The second-order valence-electron chi connectivity index (χ2n) is 4.39. The van der Waals surface area contributed by atoms with E-state index in [0.717, 1.165) is 27.7 Å². The number of aliphatic carboxylic acids is 1. The first-order chi connectivity index (χ1) is 10.5. The lowest BCUT2D eigenvalue weighted by Crippen LogP contribution is -2.50. The molecule has 0 aromatic carbocycles. The van der Waals surface area contributed by atoms with Crippen LogP contribution in [-0.4, -0.2) is 59.9 Å². The Labute approximate surface area is 131 Å². The number of hydrogen-bond donors (Lipinski definition) is 1. The Bertz CT molecular complexity index is 483. The maximum atomic E-state index is 11.3. The number of rotatable bonds is 8. The summed E-state index contributed by atoms with van der Waals surface area (Å²) in [5.41, 5.74) is 0. The molecule has 0 aromatic rings. The highest BCUT2D eigenvalue weighted by molar-refractivity contribution is 5.78. The van der Waals surface area contributed by atoms with E-state index in [9.17, 15) is 24.0 Å². The van der Waals surface area contributed by atoms with Crippen LogP contribution < -0.4 is 0 Å². The summed E-state index contributed by atoms with van der Waals surface area (Å²) < 4.78 is 18.9. The number of esters is 4. The van der Waals surface area contributed by atoms with Crippen molar-refractivity contribution < 1.29 is 48.0 Å². The number of ether oxygens (including phenoxy) is 4. The molecule has 0 heterocycles. The predicted molar refractivity (Wildman–Crippen MR) is 70.9 cm³/mol. The largest absolute Gasteiger partial charge is 0.478 e. The van der Waals surface area contributed by atoms with Crippen LogP contribution in [0.4, 0.5) is 0 Å². The van der Waals surface area contributed by atoms with Gasteiger partial charge >= 0.3 is 29.8 Å². The van der Waals surface area contributed by atoms with Gasteiger partial charge in [-0.2, -0.15) is 0 Å². The zero-order valence-corrected chi connectivity index (χ0v) is 13.1. The standard InChI is InChI=1S/C13H18O10/c1-6(14)20-5-10(21-7(2)15)11(22-8(3)16)12(13(18)19)23-9(4)17/h10-12H,5H2,1-4H3,(H,18,19)/t10-,11+,12-/m1/s1. The molecule has 0 aliphatic heterocycles. The fourth-order valence-corrected chi connectivity index (χ4v) is 1.57. The second-order valence-corrected chi connectivity index (χ2v) is 4.39. The fraction of sp³-hybridized carbons (Fsp3) is 0.615. The smallest absolute Gasteiger partial charge is 0.349 e. The van der Waals surface area contributed by atoms with Crippen molar-refractivity contribution in [2.24, 2.45) is 0 Å². The molecule has 0 saturated heterocycles. The molecule has 10 heteroatoms. The van der Waals surface area contributed by atoms with Gasteiger partial charge in [0.05, 0.1) is 0 Å². The molecule has 0 saturated carbocycles. The lowest BCUT2D eigenvalue weighted by Gasteiger charge is -2.29. The fourth-order valence-electron chi connectivity index (χ4n) is 1.57. The quantitative estimate of drug-likeness (QED) is 0.452. The summed E-state index contributed by atoms with van der Waals surface area (Å²) in [5, 5.41) is 9.15. The number of carbonyl (C=O) groups is 5. The molecule has 0 aromatic heterocycles. The Kier molecular flexibility index (Phi) is 8.30. The molecule has 0 spiro atoms. The van der Waals surface area contributed by atoms with Gasteiger partial charge in [0.2, 0.25) is 6.10 Å². The van der Waals surface area contributed by atoms with Crippen LogP contribution in [-0.2, 0) is 42.9 Å². The minimum Gasteiger partial charge on any atom is -0.478 e. The molecule has 0 rings (SSSR count). The Morgan fingerprint density at radius 1 is 0.783 bits per heavy atom. The highest BCUT2D eigenvalue weighted by Gasteiger charge is 2.42. The summed E-state index contributed by atoms with van der Waals surface area (Å²) in [7, 11) is 0. The van der Waals surface area contributed by atoms with Crippen molar-refractivity contribution in [1.29, 1.82) is 0 Å². The van der Waals surface area contributed by atoms with Crippen molar-refractivity contribution in [2.75, 3.05) is 6.61 Å². The Hall–Kier alpha value is -2.65. The SMILES string of the molecule is CC(=O)OC[C@@H](OC(C)=O)[C@H](OC(C)=O)[C@@H](OC(C)=O)C(=O)O. The third-order valence-corrected chi connectivity index (χ3v) is 2.27. The molecule has 10 nitrogen and oxygen atoms in total. The van der Waals surface area contributed by atoms with Gasteiger partial charge in [0.25, 0.3) is 0 Å². The highest BCUT2D eigenvalue weighted by atomic mass is 16.6. The normalized spacial score (nSPS) is 13.9. The molecule has 1 N–H and O–H groups in total. The van der Waals surface area contributed by atoms with E-state index in [4.69, 9.17) is 14.6 Å². The second kappa shape index (κ2) is 9.38. The van der Waals surface area contributed by atoms with Crippen molar-refractivity contribution in [3.63, 3.8) is 0 Å². The monoisotopic (exact) mass is 334 g/mol. The van der Waals surface area contributed by atoms with Crippen molar-refractivity contribution in [2.45, 2.75) is 46.0 Å². The van der Waals surface area contributed by atoms with Gasteiger partial charge in [0, 0.05) is 27.7 Å². The van der Waals surface area contributed by atoms with Crippen LogP contribution in [0.2, 0.25) is 0 Å². The number of hydrogen-bond acceptors (Lipinski definition) is 9. The van der Waals surface area contributed by atoms with Crippen LogP contribution in [0.1, 0.15) is 27.7 Å². The molecule has 0 radical (unpaired) electrons. The summed E-state index contributed by atoms with van der Waals surface area (Å²) in [5.74, 6) is -5.07. The van der Waals surface area contributed by atoms with Gasteiger partial charge in [-0.1, -0.05) is 0 Å². The molecule has 0 amide bonds. The molecular formula is C13H18O10. The van der Waals surface area contributed by atoms with Crippen LogP contribution in [0.15, 0.2) is 0 Å². The summed E-state index contributed by atoms with van der Waals surface area (Å²) in [6.07, 6.45) is -5.12. The van der Waals surface area contributed by atoms with Gasteiger partial charge in [-0.05, 0) is 0 Å². The van der Waals surface area contributed by atoms with Crippen LogP contribution in [0.5, 0.6) is 0 Å². The van der Waals surface area contributed by atoms with E-state index in [0.29, 0.717) is 0 Å². The summed E-state index contributed by atoms with van der Waals surface area (Å²) in [6, 6.07) is 0. The van der Waals surface area contributed by atoms with Gasteiger partial charge in [0.1, 0.15) is 6.61 Å². The van der Waals surface area contributed by atoms with Crippen LogP contribution in [0, 0.1) is 0 Å². The summed E-state index contributed by atoms with van der Waals surface area (Å²) in [4.78, 5) is 55.5. The van der Waals surface area contributed by atoms with Crippen LogP contribution in [0.25, 0.3) is 0 Å². The van der Waals surface area contributed by atoms with E-state index in [1.807, 2.05) is 0 Å². The summed E-state index contributed by atoms with van der Waals surface area (Å²) >= 11 is 0. The maximum absolute atomic E-state index is 11.3. The van der Waals surface area contributed by atoms with E-state index in [2.05, 4.69) is 9.47 Å². The Morgan fingerprint density at radius 3 is 1.61 bits per heavy atom. The zero-order valence-electron chi connectivity index (χ0n) is 13.1. The van der Waals surface area contributed by atoms with E-state index in [1.54, 1.807) is 0 Å². The lowest BCUT2D eigenvalue weighted by atomic mass is 10.1. The van der Waals surface area contributed by atoms with Gasteiger partial charge in [0.15, 0.2) is 12.2 Å². The lowest BCUT2D eigenvalue weighted by molar-refractivity contribution is -0.195. The molecular weight excluding hydrogens is 316 g/mol. The topological polar surface area (TPSA) is 142 Å². The Morgan fingerprint density at radius 2 is 1.26 bits per heavy atom. The van der Waals surface area contributed by atoms with Crippen LogP contribution >= 0.6 is 0 Å². The van der Waals surface area contributed by atoms with E-state index in [1.165, 1.54) is 0 Å². The third-order valence-electron chi connectivity index (χ3n) is 2.27. The number of carboxylic acids is 1. The van der Waals surface area contributed by atoms with E-state index >= 15 is 0 Å². The molecule has 23 heavy (non-hydrogen) atoms. The van der Waals surface area contributed by atoms with Crippen LogP contribution in [0.3, 0.4) is 0 Å². The Balaban J connectivity index is 5.55. The first-order valence-corrected chi connectivity index (χ1v) is 6.42. The highest BCUT2D eigenvalue weighted by Crippen LogP contribution is 2.15. The molecule has 0 unspecified atom stereocenters. The van der Waals surface area contributed by atoms with Gasteiger partial charge in [-0.25, -0.2) is 4.79 Å². The molecule has 3 atom stereocenters. The average molecular weight is 334 g/mol. The molecule has 0 aliphatic rings. The predicted octanol–water partition coefficient (Wildman–Crippen LogP) is -0.571. The van der Waals surface area contributed by atoms with E-state index < -0.39 is 54.8 Å². The third kappa shape index (κ3) is 8.39. The average Bonchev–Trinajstić information content (AvgIpc) is 2.37.